The molecule has 8 nitrogen and oxygen atoms in total. The van der Waals surface area contributed by atoms with Crippen LogP contribution in [0.3, 0.4) is 0 Å². The Morgan fingerprint density at radius 3 is 2.21 bits per heavy atom. The molecule has 34 heavy (non-hydrogen) atoms. The highest BCUT2D eigenvalue weighted by Crippen LogP contribution is 2.44. The minimum absolute atomic E-state index is 0.0459. The first-order chi connectivity index (χ1) is 16.5. The topological polar surface area (TPSA) is 114 Å². The molecule has 174 valence electrons. The molecule has 1 aliphatic carbocycles. The molecular formula is C26H24N2O6. The van der Waals surface area contributed by atoms with E-state index in [-0.39, 0.29) is 36.7 Å². The second kappa shape index (κ2) is 10.1. The molecule has 0 atom stereocenters. The van der Waals surface area contributed by atoms with Gasteiger partial charge in [-0.05, 0) is 40.5 Å². The second-order valence-corrected chi connectivity index (χ2v) is 7.76. The minimum Gasteiger partial charge on any atom is -0.497 e. The summed E-state index contributed by atoms with van der Waals surface area (Å²) in [7, 11) is 1.46. The highest BCUT2D eigenvalue weighted by molar-refractivity contribution is 6.03. The molecule has 0 aliphatic heterocycles. The zero-order valence-electron chi connectivity index (χ0n) is 18.5. The van der Waals surface area contributed by atoms with Crippen LogP contribution in [0.25, 0.3) is 11.1 Å². The third-order valence-electron chi connectivity index (χ3n) is 5.68. The standard InChI is InChI=1S/C26H24N2O6/c1-33-16-10-11-23(21(14-16)25(31)27-13-12-24(29)30)28-26(32)34-15-22-19-8-4-2-6-17(19)18-7-3-5-9-20(18)22/h2-11,14,22H,12-13,15H2,1H3,(H,27,31)(H,28,32)(H,29,30). The molecule has 3 aromatic carbocycles. The van der Waals surface area contributed by atoms with Crippen molar-refractivity contribution in [1.82, 2.24) is 5.32 Å². The zero-order chi connectivity index (χ0) is 24.1. The molecule has 3 N–H and O–H groups in total. The normalized spacial score (nSPS) is 11.8. The van der Waals surface area contributed by atoms with E-state index in [1.54, 1.807) is 6.07 Å². The summed E-state index contributed by atoms with van der Waals surface area (Å²) in [5.41, 5.74) is 4.81. The van der Waals surface area contributed by atoms with Gasteiger partial charge in [-0.3, -0.25) is 14.9 Å². The number of carbonyl (C=O) groups is 3. The number of amides is 2. The molecule has 0 aromatic heterocycles. The summed E-state index contributed by atoms with van der Waals surface area (Å²) in [4.78, 5) is 36.0. The first-order valence-corrected chi connectivity index (χ1v) is 10.8. The monoisotopic (exact) mass is 460 g/mol. The van der Waals surface area contributed by atoms with Gasteiger partial charge in [-0.1, -0.05) is 48.5 Å². The maximum Gasteiger partial charge on any atom is 0.411 e. The quantitative estimate of drug-likeness (QED) is 0.463. The Morgan fingerprint density at radius 2 is 1.59 bits per heavy atom. The first-order valence-electron chi connectivity index (χ1n) is 10.8. The number of rotatable bonds is 8. The lowest BCUT2D eigenvalue weighted by Crippen LogP contribution is -2.27. The molecule has 4 rings (SSSR count). The van der Waals surface area contributed by atoms with Gasteiger partial charge in [0.2, 0.25) is 0 Å². The van der Waals surface area contributed by atoms with Gasteiger partial charge in [-0.25, -0.2) is 4.79 Å². The predicted molar refractivity (Wildman–Crippen MR) is 126 cm³/mol. The van der Waals surface area contributed by atoms with E-state index in [1.165, 1.54) is 19.2 Å². The first kappa shape index (κ1) is 22.8. The number of hydrogen-bond donors (Lipinski definition) is 3. The smallest absolute Gasteiger partial charge is 0.411 e. The van der Waals surface area contributed by atoms with Crippen LogP contribution in [0.4, 0.5) is 10.5 Å². The summed E-state index contributed by atoms with van der Waals surface area (Å²) in [5.74, 6) is -1.23. The van der Waals surface area contributed by atoms with Crippen LogP contribution in [0.1, 0.15) is 33.8 Å². The average molecular weight is 460 g/mol. The fourth-order valence-electron chi connectivity index (χ4n) is 4.07. The van der Waals surface area contributed by atoms with Crippen molar-refractivity contribution in [3.63, 3.8) is 0 Å². The number of carbonyl (C=O) groups excluding carboxylic acids is 2. The fourth-order valence-corrected chi connectivity index (χ4v) is 4.07. The molecule has 3 aromatic rings. The van der Waals surface area contributed by atoms with E-state index in [0.29, 0.717) is 5.75 Å². The molecule has 0 bridgehead atoms. The number of nitrogens with one attached hydrogen (secondary N) is 2. The predicted octanol–water partition coefficient (Wildman–Crippen LogP) is 4.26. The number of anilines is 1. The minimum atomic E-state index is -1.03. The van der Waals surface area contributed by atoms with Crippen LogP contribution in [-0.4, -0.2) is 43.3 Å². The Morgan fingerprint density at radius 1 is 0.941 bits per heavy atom. The number of methoxy groups -OCH3 is 1. The maximum absolute atomic E-state index is 12.7. The van der Waals surface area contributed by atoms with Crippen LogP contribution in [0.5, 0.6) is 5.75 Å². The van der Waals surface area contributed by atoms with Crippen molar-refractivity contribution in [2.24, 2.45) is 0 Å². The van der Waals surface area contributed by atoms with Gasteiger partial charge in [0.05, 0.1) is 24.8 Å². The number of carboxylic acid groups (broad SMARTS) is 1. The molecule has 2 amide bonds. The molecule has 0 spiro atoms. The molecule has 0 heterocycles. The summed E-state index contributed by atoms with van der Waals surface area (Å²) in [6.07, 6.45) is -0.920. The lowest BCUT2D eigenvalue weighted by molar-refractivity contribution is -0.136. The van der Waals surface area contributed by atoms with Gasteiger partial charge in [0.15, 0.2) is 0 Å². The summed E-state index contributed by atoms with van der Waals surface area (Å²) < 4.78 is 10.7. The fraction of sp³-hybridized carbons (Fsp3) is 0.192. The SMILES string of the molecule is COc1ccc(NC(=O)OCC2c3ccccc3-c3ccccc32)c(C(=O)NCCC(=O)O)c1. The van der Waals surface area contributed by atoms with Crippen LogP contribution in [0, 0.1) is 0 Å². The van der Waals surface area contributed by atoms with E-state index in [0.717, 1.165) is 22.3 Å². The van der Waals surface area contributed by atoms with Crippen molar-refractivity contribution in [2.75, 3.05) is 25.6 Å². The van der Waals surface area contributed by atoms with E-state index in [2.05, 4.69) is 22.8 Å². The number of hydrogen-bond acceptors (Lipinski definition) is 5. The second-order valence-electron chi connectivity index (χ2n) is 7.76. The van der Waals surface area contributed by atoms with Gasteiger partial charge in [-0.2, -0.15) is 0 Å². The average Bonchev–Trinajstić information content (AvgIpc) is 3.16. The Balaban J connectivity index is 1.46. The number of fused-ring (bicyclic) bond motifs is 3. The molecule has 8 heteroatoms. The summed E-state index contributed by atoms with van der Waals surface area (Å²) in [6.45, 7) is 0.0892. The van der Waals surface area contributed by atoms with Crippen molar-refractivity contribution in [3.05, 3.63) is 83.4 Å². The lowest BCUT2D eigenvalue weighted by Gasteiger charge is -2.16. The van der Waals surface area contributed by atoms with Crippen molar-refractivity contribution in [1.29, 1.82) is 0 Å². The van der Waals surface area contributed by atoms with Crippen molar-refractivity contribution < 1.29 is 29.0 Å². The Kier molecular flexibility index (Phi) is 6.77. The molecule has 0 unspecified atom stereocenters. The van der Waals surface area contributed by atoms with E-state index < -0.39 is 18.0 Å². The highest BCUT2D eigenvalue weighted by atomic mass is 16.5. The number of benzene rings is 3. The summed E-state index contributed by atoms with van der Waals surface area (Å²) >= 11 is 0. The summed E-state index contributed by atoms with van der Waals surface area (Å²) in [6, 6.07) is 20.7. The molecule has 0 saturated heterocycles. The molecule has 0 saturated carbocycles. The van der Waals surface area contributed by atoms with Crippen LogP contribution < -0.4 is 15.4 Å². The van der Waals surface area contributed by atoms with Crippen molar-refractivity contribution >= 4 is 23.7 Å². The zero-order valence-corrected chi connectivity index (χ0v) is 18.5. The van der Waals surface area contributed by atoms with Crippen molar-refractivity contribution in [3.8, 4) is 16.9 Å². The van der Waals surface area contributed by atoms with Gasteiger partial charge in [0, 0.05) is 12.5 Å². The largest absolute Gasteiger partial charge is 0.497 e. The van der Waals surface area contributed by atoms with Gasteiger partial charge in [0.25, 0.3) is 5.91 Å². The van der Waals surface area contributed by atoms with Crippen molar-refractivity contribution in [2.45, 2.75) is 12.3 Å². The summed E-state index contributed by atoms with van der Waals surface area (Å²) in [5, 5.41) is 13.9. The van der Waals surface area contributed by atoms with E-state index in [1.807, 2.05) is 36.4 Å². The van der Waals surface area contributed by atoms with Crippen LogP contribution in [-0.2, 0) is 9.53 Å². The van der Waals surface area contributed by atoms with Gasteiger partial charge < -0.3 is 19.9 Å². The third kappa shape index (κ3) is 4.85. The van der Waals surface area contributed by atoms with E-state index in [9.17, 15) is 14.4 Å². The number of ether oxygens (including phenoxy) is 2. The van der Waals surface area contributed by atoms with Gasteiger partial charge in [-0.15, -0.1) is 0 Å². The van der Waals surface area contributed by atoms with Gasteiger partial charge in [0.1, 0.15) is 12.4 Å². The molecule has 1 aliphatic rings. The maximum atomic E-state index is 12.7. The molecule has 0 radical (unpaired) electrons. The van der Waals surface area contributed by atoms with Crippen LogP contribution >= 0.6 is 0 Å². The van der Waals surface area contributed by atoms with E-state index >= 15 is 0 Å². The molecule has 0 fully saturated rings. The molecular weight excluding hydrogens is 436 g/mol. The van der Waals surface area contributed by atoms with Crippen LogP contribution in [0.15, 0.2) is 66.7 Å². The van der Waals surface area contributed by atoms with Gasteiger partial charge >= 0.3 is 12.1 Å². The highest BCUT2D eigenvalue weighted by Gasteiger charge is 2.29. The number of aliphatic carboxylic acids is 1. The Hall–Kier alpha value is -4.33. The van der Waals surface area contributed by atoms with E-state index in [4.69, 9.17) is 14.6 Å². The lowest BCUT2D eigenvalue weighted by atomic mass is 9.98. The Bertz CT molecular complexity index is 1190. The van der Waals surface area contributed by atoms with Crippen LogP contribution in [0.2, 0.25) is 0 Å². The third-order valence-corrected chi connectivity index (χ3v) is 5.68. The number of carboxylic acids is 1. The Labute approximate surface area is 196 Å².